The van der Waals surface area contributed by atoms with Crippen molar-refractivity contribution in [2.75, 3.05) is 12.0 Å². The van der Waals surface area contributed by atoms with Crippen LogP contribution in [0.25, 0.3) is 0 Å². The maximum atomic E-state index is 12.9. The van der Waals surface area contributed by atoms with Crippen molar-refractivity contribution in [3.8, 4) is 0 Å². The number of amides is 2. The van der Waals surface area contributed by atoms with Crippen LogP contribution in [0.1, 0.15) is 47.8 Å². The van der Waals surface area contributed by atoms with Crippen molar-refractivity contribution in [2.24, 2.45) is 0 Å². The normalized spacial score (nSPS) is 12.9. The highest BCUT2D eigenvalue weighted by Gasteiger charge is 2.23. The van der Waals surface area contributed by atoms with Crippen LogP contribution < -0.4 is 10.6 Å². The first-order chi connectivity index (χ1) is 13.5. The molecule has 0 radical (unpaired) electrons. The van der Waals surface area contributed by atoms with E-state index in [0.29, 0.717) is 16.5 Å². The van der Waals surface area contributed by atoms with Gasteiger partial charge < -0.3 is 10.6 Å². The minimum absolute atomic E-state index is 0.129. The Labute approximate surface area is 180 Å². The Kier molecular flexibility index (Phi) is 9.06. The summed E-state index contributed by atoms with van der Waals surface area (Å²) in [5.41, 5.74) is 2.83. The highest BCUT2D eigenvalue weighted by molar-refractivity contribution is 9.10. The number of nitrogens with one attached hydrogen (secondary N) is 2. The van der Waals surface area contributed by atoms with Crippen molar-refractivity contribution in [3.63, 3.8) is 0 Å². The lowest BCUT2D eigenvalue weighted by Gasteiger charge is -2.22. The smallest absolute Gasteiger partial charge is 0.253 e. The fourth-order valence-corrected chi connectivity index (χ4v) is 3.76. The van der Waals surface area contributed by atoms with Crippen LogP contribution in [0.3, 0.4) is 0 Å². The zero-order valence-electron chi connectivity index (χ0n) is 16.5. The number of hydrogen-bond donors (Lipinski definition) is 2. The maximum absolute atomic E-state index is 12.9. The average Bonchev–Trinajstić information content (AvgIpc) is 2.71. The van der Waals surface area contributed by atoms with Gasteiger partial charge in [-0.05, 0) is 71.0 Å². The lowest BCUT2D eigenvalue weighted by atomic mass is 10.0. The van der Waals surface area contributed by atoms with Crippen molar-refractivity contribution in [3.05, 3.63) is 69.7 Å². The number of carbonyl (C=O) groups excluding carboxylic acids is 2. The number of hydrogen-bond acceptors (Lipinski definition) is 3. The van der Waals surface area contributed by atoms with E-state index >= 15 is 0 Å². The summed E-state index contributed by atoms with van der Waals surface area (Å²) < 4.78 is 0.709. The number of carbonyl (C=O) groups is 2. The summed E-state index contributed by atoms with van der Waals surface area (Å²) in [5.74, 6) is 0.365. The topological polar surface area (TPSA) is 58.2 Å². The lowest BCUT2D eigenvalue weighted by molar-refractivity contribution is -0.123. The monoisotopic (exact) mass is 462 g/mol. The van der Waals surface area contributed by atoms with Gasteiger partial charge in [0.25, 0.3) is 5.91 Å². The van der Waals surface area contributed by atoms with Gasteiger partial charge in [-0.3, -0.25) is 9.59 Å². The lowest BCUT2D eigenvalue weighted by Crippen LogP contribution is -2.47. The maximum Gasteiger partial charge on any atom is 0.253 e. The summed E-state index contributed by atoms with van der Waals surface area (Å²) >= 11 is 5.05. The van der Waals surface area contributed by atoms with E-state index in [1.807, 2.05) is 37.4 Å². The van der Waals surface area contributed by atoms with Crippen molar-refractivity contribution >= 4 is 39.5 Å². The molecule has 2 aromatic carbocycles. The van der Waals surface area contributed by atoms with Gasteiger partial charge in [0.1, 0.15) is 6.04 Å². The predicted octanol–water partition coefficient (Wildman–Crippen LogP) is 4.74. The van der Waals surface area contributed by atoms with Crippen molar-refractivity contribution in [2.45, 2.75) is 38.8 Å². The van der Waals surface area contributed by atoms with Crippen LogP contribution in [0.4, 0.5) is 0 Å². The zero-order valence-corrected chi connectivity index (χ0v) is 18.9. The van der Waals surface area contributed by atoms with Gasteiger partial charge in [-0.25, -0.2) is 0 Å². The molecule has 0 aliphatic heterocycles. The van der Waals surface area contributed by atoms with Crippen LogP contribution in [0.2, 0.25) is 0 Å². The Morgan fingerprint density at radius 1 is 1.07 bits per heavy atom. The van der Waals surface area contributed by atoms with Crippen LogP contribution in [0, 0.1) is 0 Å². The third-order valence-corrected chi connectivity index (χ3v) is 5.93. The van der Waals surface area contributed by atoms with E-state index in [-0.39, 0.29) is 17.9 Å². The molecule has 0 aliphatic carbocycles. The molecule has 2 amide bonds. The number of thioether (sulfide) groups is 1. The van der Waals surface area contributed by atoms with Crippen molar-refractivity contribution < 1.29 is 9.59 Å². The molecule has 150 valence electrons. The Balaban J connectivity index is 2.07. The van der Waals surface area contributed by atoms with Gasteiger partial charge in [-0.1, -0.05) is 43.3 Å². The van der Waals surface area contributed by atoms with Gasteiger partial charge in [-0.15, -0.1) is 0 Å². The molecule has 0 heterocycles. The minimum atomic E-state index is -0.579. The van der Waals surface area contributed by atoms with Gasteiger partial charge in [0.15, 0.2) is 0 Å². The minimum Gasteiger partial charge on any atom is -0.348 e. The second-order valence-corrected chi connectivity index (χ2v) is 8.45. The molecule has 2 atom stereocenters. The molecule has 6 heteroatoms. The molecule has 0 aliphatic rings. The number of halogens is 1. The van der Waals surface area contributed by atoms with Crippen molar-refractivity contribution in [1.29, 1.82) is 0 Å². The molecular formula is C22H27BrN2O2S. The molecule has 0 saturated heterocycles. The summed E-state index contributed by atoms with van der Waals surface area (Å²) in [5, 5.41) is 5.93. The summed E-state index contributed by atoms with van der Waals surface area (Å²) in [6, 6.07) is 14.7. The zero-order chi connectivity index (χ0) is 20.5. The Morgan fingerprint density at radius 2 is 1.75 bits per heavy atom. The van der Waals surface area contributed by atoms with Crippen molar-refractivity contribution in [1.82, 2.24) is 10.6 Å². The van der Waals surface area contributed by atoms with Gasteiger partial charge >= 0.3 is 0 Å². The number of aryl methyl sites for hydroxylation is 1. The average molecular weight is 463 g/mol. The molecule has 4 nitrogen and oxygen atoms in total. The van der Waals surface area contributed by atoms with Gasteiger partial charge in [-0.2, -0.15) is 11.8 Å². The van der Waals surface area contributed by atoms with Crippen LogP contribution in [0.5, 0.6) is 0 Å². The molecule has 2 unspecified atom stereocenters. The molecule has 2 rings (SSSR count). The van der Waals surface area contributed by atoms with Crippen LogP contribution in [-0.4, -0.2) is 29.9 Å². The summed E-state index contributed by atoms with van der Waals surface area (Å²) in [6.45, 7) is 4.07. The standard InChI is InChI=1S/C22H27BrN2O2S/c1-4-16-9-11-17(12-10-16)15(2)24-22(27)20(13-14-28-3)25-21(26)18-7-5-6-8-19(18)23/h5-12,15,20H,4,13-14H2,1-3H3,(H,24,27)(H,25,26). The molecule has 0 fully saturated rings. The molecule has 0 saturated carbocycles. The quantitative estimate of drug-likeness (QED) is 0.565. The Morgan fingerprint density at radius 3 is 2.36 bits per heavy atom. The molecule has 0 spiro atoms. The van der Waals surface area contributed by atoms with E-state index in [1.165, 1.54) is 5.56 Å². The third kappa shape index (κ3) is 6.38. The highest BCUT2D eigenvalue weighted by Crippen LogP contribution is 2.17. The Hall–Kier alpha value is -1.79. The molecule has 0 bridgehead atoms. The van der Waals surface area contributed by atoms with Crippen LogP contribution in [-0.2, 0) is 11.2 Å². The van der Waals surface area contributed by atoms with Crippen LogP contribution in [0.15, 0.2) is 53.0 Å². The second-order valence-electron chi connectivity index (χ2n) is 6.61. The van der Waals surface area contributed by atoms with E-state index in [2.05, 4.69) is 45.6 Å². The fourth-order valence-electron chi connectivity index (χ4n) is 2.83. The van der Waals surface area contributed by atoms with E-state index in [1.54, 1.807) is 23.9 Å². The first kappa shape index (κ1) is 22.5. The molecule has 2 aromatic rings. The molecule has 28 heavy (non-hydrogen) atoms. The SMILES string of the molecule is CCc1ccc(C(C)NC(=O)C(CCSC)NC(=O)c2ccccc2Br)cc1. The van der Waals surface area contributed by atoms with E-state index in [0.717, 1.165) is 17.7 Å². The van der Waals surface area contributed by atoms with Gasteiger partial charge in [0, 0.05) is 4.47 Å². The molecule has 2 N–H and O–H groups in total. The Bertz CT molecular complexity index is 795. The first-order valence-corrected chi connectivity index (χ1v) is 11.6. The number of rotatable bonds is 9. The molecular weight excluding hydrogens is 436 g/mol. The van der Waals surface area contributed by atoms with E-state index in [4.69, 9.17) is 0 Å². The third-order valence-electron chi connectivity index (χ3n) is 4.60. The summed E-state index contributed by atoms with van der Waals surface area (Å²) in [7, 11) is 0. The van der Waals surface area contributed by atoms with E-state index in [9.17, 15) is 9.59 Å². The van der Waals surface area contributed by atoms with Crippen LogP contribution >= 0.6 is 27.7 Å². The van der Waals surface area contributed by atoms with Gasteiger partial charge in [0.05, 0.1) is 11.6 Å². The summed E-state index contributed by atoms with van der Waals surface area (Å²) in [4.78, 5) is 25.5. The summed E-state index contributed by atoms with van der Waals surface area (Å²) in [6.07, 6.45) is 3.55. The number of benzene rings is 2. The highest BCUT2D eigenvalue weighted by atomic mass is 79.9. The van der Waals surface area contributed by atoms with E-state index < -0.39 is 6.04 Å². The largest absolute Gasteiger partial charge is 0.348 e. The molecule has 0 aromatic heterocycles. The van der Waals surface area contributed by atoms with Gasteiger partial charge in [0.2, 0.25) is 5.91 Å². The predicted molar refractivity (Wildman–Crippen MR) is 121 cm³/mol. The fraction of sp³-hybridized carbons (Fsp3) is 0.364. The second kappa shape index (κ2) is 11.3. The first-order valence-electron chi connectivity index (χ1n) is 9.39.